The zero-order chi connectivity index (χ0) is 11.1. The Hall–Kier alpha value is -1.57. The van der Waals surface area contributed by atoms with E-state index in [9.17, 15) is 4.79 Å². The average molecular weight is 204 g/mol. The van der Waals surface area contributed by atoms with Crippen molar-refractivity contribution in [2.75, 3.05) is 6.61 Å². The summed E-state index contributed by atoms with van der Waals surface area (Å²) in [5.74, 6) is 0.841. The van der Waals surface area contributed by atoms with Crippen LogP contribution in [0.25, 0.3) is 0 Å². The van der Waals surface area contributed by atoms with Crippen LogP contribution in [-0.4, -0.2) is 12.9 Å². The van der Waals surface area contributed by atoms with E-state index in [-0.39, 0.29) is 0 Å². The fourth-order valence-corrected chi connectivity index (χ4v) is 1.18. The van der Waals surface area contributed by atoms with Crippen LogP contribution in [0.15, 0.2) is 36.4 Å². The predicted molar refractivity (Wildman–Crippen MR) is 61.1 cm³/mol. The molecule has 0 heterocycles. The highest BCUT2D eigenvalue weighted by Crippen LogP contribution is 2.13. The second-order valence-corrected chi connectivity index (χ2v) is 3.60. The molecule has 0 spiro atoms. The Kier molecular flexibility index (Phi) is 4.61. The third-order valence-corrected chi connectivity index (χ3v) is 1.96. The Morgan fingerprint density at radius 3 is 2.60 bits per heavy atom. The Labute approximate surface area is 90.6 Å². The SMILES string of the molecule is C=C(C)COc1ccc(CCC=O)cc1. The Balaban J connectivity index is 2.48. The molecule has 0 unspecified atom stereocenters. The van der Waals surface area contributed by atoms with E-state index in [0.29, 0.717) is 13.0 Å². The maximum Gasteiger partial charge on any atom is 0.120 e. The van der Waals surface area contributed by atoms with Crippen molar-refractivity contribution in [2.24, 2.45) is 0 Å². The molecule has 0 aromatic heterocycles. The van der Waals surface area contributed by atoms with Gasteiger partial charge in [-0.3, -0.25) is 0 Å². The summed E-state index contributed by atoms with van der Waals surface area (Å²) in [6.45, 7) is 6.24. The molecule has 0 aliphatic heterocycles. The van der Waals surface area contributed by atoms with Crippen LogP contribution in [0.3, 0.4) is 0 Å². The molecule has 1 aromatic rings. The molecule has 0 N–H and O–H groups in total. The topological polar surface area (TPSA) is 26.3 Å². The van der Waals surface area contributed by atoms with Crippen LogP contribution in [0.5, 0.6) is 5.75 Å². The highest BCUT2D eigenvalue weighted by Gasteiger charge is 1.95. The first kappa shape index (κ1) is 11.5. The molecule has 80 valence electrons. The van der Waals surface area contributed by atoms with Gasteiger partial charge in [0.05, 0.1) is 0 Å². The van der Waals surface area contributed by atoms with Gasteiger partial charge >= 0.3 is 0 Å². The molecule has 0 aliphatic carbocycles. The lowest BCUT2D eigenvalue weighted by Crippen LogP contribution is -1.97. The summed E-state index contributed by atoms with van der Waals surface area (Å²) in [6.07, 6.45) is 2.31. The predicted octanol–water partition coefficient (Wildman–Crippen LogP) is 2.77. The van der Waals surface area contributed by atoms with Crippen LogP contribution in [0.2, 0.25) is 0 Å². The molecular weight excluding hydrogens is 188 g/mol. The van der Waals surface area contributed by atoms with E-state index < -0.39 is 0 Å². The molecule has 2 heteroatoms. The number of hydrogen-bond donors (Lipinski definition) is 0. The minimum absolute atomic E-state index is 0.549. The van der Waals surface area contributed by atoms with Crippen LogP contribution in [0.1, 0.15) is 18.9 Å². The van der Waals surface area contributed by atoms with Crippen LogP contribution in [0.4, 0.5) is 0 Å². The first-order chi connectivity index (χ1) is 7.22. The van der Waals surface area contributed by atoms with E-state index in [4.69, 9.17) is 4.74 Å². The van der Waals surface area contributed by atoms with Gasteiger partial charge in [-0.25, -0.2) is 0 Å². The number of carbonyl (C=O) groups is 1. The van der Waals surface area contributed by atoms with E-state index >= 15 is 0 Å². The highest BCUT2D eigenvalue weighted by atomic mass is 16.5. The number of aldehydes is 1. The molecule has 0 fully saturated rings. The highest BCUT2D eigenvalue weighted by molar-refractivity contribution is 5.50. The van der Waals surface area contributed by atoms with Crippen LogP contribution in [0, 0.1) is 0 Å². The number of carbonyl (C=O) groups excluding carboxylic acids is 1. The molecule has 0 radical (unpaired) electrons. The second-order valence-electron chi connectivity index (χ2n) is 3.60. The summed E-state index contributed by atoms with van der Waals surface area (Å²) in [5.41, 5.74) is 2.16. The number of rotatable bonds is 6. The summed E-state index contributed by atoms with van der Waals surface area (Å²) in [7, 11) is 0. The van der Waals surface area contributed by atoms with Gasteiger partial charge in [0.1, 0.15) is 18.6 Å². The fraction of sp³-hybridized carbons (Fsp3) is 0.308. The molecule has 2 nitrogen and oxygen atoms in total. The quantitative estimate of drug-likeness (QED) is 0.526. The normalized spacial score (nSPS) is 9.67. The first-order valence-electron chi connectivity index (χ1n) is 5.02. The maximum absolute atomic E-state index is 10.2. The molecule has 1 aromatic carbocycles. The van der Waals surface area contributed by atoms with Gasteiger partial charge in [-0.2, -0.15) is 0 Å². The lowest BCUT2D eigenvalue weighted by atomic mass is 10.1. The first-order valence-corrected chi connectivity index (χ1v) is 5.02. The molecule has 0 saturated heterocycles. The van der Waals surface area contributed by atoms with Gasteiger partial charge in [-0.05, 0) is 36.6 Å². The van der Waals surface area contributed by atoms with Crippen molar-refractivity contribution in [3.8, 4) is 5.75 Å². The van der Waals surface area contributed by atoms with Crippen molar-refractivity contribution in [1.82, 2.24) is 0 Å². The molecule has 1 rings (SSSR count). The summed E-state index contributed by atoms with van der Waals surface area (Å²) in [5, 5.41) is 0. The minimum Gasteiger partial charge on any atom is -0.489 e. The smallest absolute Gasteiger partial charge is 0.120 e. The van der Waals surface area contributed by atoms with Crippen molar-refractivity contribution in [1.29, 1.82) is 0 Å². The Bertz CT molecular complexity index is 325. The zero-order valence-corrected chi connectivity index (χ0v) is 9.03. The summed E-state index contributed by atoms with van der Waals surface area (Å²) < 4.78 is 5.46. The number of hydrogen-bond acceptors (Lipinski definition) is 2. The maximum atomic E-state index is 10.2. The van der Waals surface area contributed by atoms with Gasteiger partial charge in [0.15, 0.2) is 0 Å². The van der Waals surface area contributed by atoms with E-state index in [1.54, 1.807) is 0 Å². The molecule has 0 bridgehead atoms. The van der Waals surface area contributed by atoms with Gasteiger partial charge in [0.25, 0.3) is 0 Å². The third-order valence-electron chi connectivity index (χ3n) is 1.96. The second kappa shape index (κ2) is 6.02. The van der Waals surface area contributed by atoms with Gasteiger partial charge in [0, 0.05) is 6.42 Å². The van der Waals surface area contributed by atoms with Crippen molar-refractivity contribution in [3.63, 3.8) is 0 Å². The van der Waals surface area contributed by atoms with Crippen molar-refractivity contribution < 1.29 is 9.53 Å². The molecular formula is C13H16O2. The van der Waals surface area contributed by atoms with Gasteiger partial charge in [0.2, 0.25) is 0 Å². The Morgan fingerprint density at radius 1 is 1.40 bits per heavy atom. The van der Waals surface area contributed by atoms with E-state index in [1.165, 1.54) is 0 Å². The van der Waals surface area contributed by atoms with Crippen LogP contribution in [-0.2, 0) is 11.2 Å². The third kappa shape index (κ3) is 4.45. The average Bonchev–Trinajstić information content (AvgIpc) is 2.25. The van der Waals surface area contributed by atoms with E-state index in [2.05, 4.69) is 6.58 Å². The van der Waals surface area contributed by atoms with Gasteiger partial charge < -0.3 is 9.53 Å². The molecule has 0 atom stereocenters. The lowest BCUT2D eigenvalue weighted by Gasteiger charge is -2.06. The molecule has 15 heavy (non-hydrogen) atoms. The number of aryl methyl sites for hydroxylation is 1. The van der Waals surface area contributed by atoms with Gasteiger partial charge in [-0.15, -0.1) is 0 Å². The largest absolute Gasteiger partial charge is 0.489 e. The standard InChI is InChI=1S/C13H16O2/c1-11(2)10-15-13-7-5-12(6-8-13)4-3-9-14/h5-9H,1,3-4,10H2,2H3. The van der Waals surface area contributed by atoms with E-state index in [1.807, 2.05) is 31.2 Å². The van der Waals surface area contributed by atoms with Gasteiger partial charge in [-0.1, -0.05) is 18.7 Å². The molecule has 0 saturated carbocycles. The van der Waals surface area contributed by atoms with Crippen molar-refractivity contribution in [3.05, 3.63) is 42.0 Å². The van der Waals surface area contributed by atoms with E-state index in [0.717, 1.165) is 29.6 Å². The lowest BCUT2D eigenvalue weighted by molar-refractivity contribution is -0.107. The van der Waals surface area contributed by atoms with Crippen LogP contribution < -0.4 is 4.74 Å². The number of ether oxygens (including phenoxy) is 1. The fourth-order valence-electron chi connectivity index (χ4n) is 1.18. The summed E-state index contributed by atoms with van der Waals surface area (Å²) in [6, 6.07) is 7.81. The minimum atomic E-state index is 0.549. The summed E-state index contributed by atoms with van der Waals surface area (Å²) in [4.78, 5) is 10.2. The van der Waals surface area contributed by atoms with Crippen molar-refractivity contribution in [2.45, 2.75) is 19.8 Å². The zero-order valence-electron chi connectivity index (χ0n) is 9.03. The molecule has 0 amide bonds. The monoisotopic (exact) mass is 204 g/mol. The van der Waals surface area contributed by atoms with Crippen LogP contribution >= 0.6 is 0 Å². The summed E-state index contributed by atoms with van der Waals surface area (Å²) >= 11 is 0. The van der Waals surface area contributed by atoms with Crippen molar-refractivity contribution >= 4 is 6.29 Å². The number of benzene rings is 1. The molecule has 0 aliphatic rings. The Morgan fingerprint density at radius 2 is 2.07 bits per heavy atom.